The van der Waals surface area contributed by atoms with Gasteiger partial charge in [-0.05, 0) is 49.2 Å². The molecular formula is C26H31ClN2O6. The van der Waals surface area contributed by atoms with Gasteiger partial charge >= 0.3 is 0 Å². The number of amides is 1. The highest BCUT2D eigenvalue weighted by Gasteiger charge is 2.45. The fourth-order valence-electron chi connectivity index (χ4n) is 4.35. The lowest BCUT2D eigenvalue weighted by molar-refractivity contribution is -0.895. The molecule has 9 heteroatoms. The smallest absolute Gasteiger partial charge is 0.295 e. The largest absolute Gasteiger partial charge is 0.872 e. The first-order valence-corrected chi connectivity index (χ1v) is 11.8. The molecule has 1 saturated heterocycles. The number of likely N-dealkylation sites (N-methyl/N-ethyl adjacent to an activating group) is 1. The summed E-state index contributed by atoms with van der Waals surface area (Å²) in [5.41, 5.74) is 0.686. The Hall–Kier alpha value is -3.23. The molecule has 0 aliphatic carbocycles. The monoisotopic (exact) mass is 502 g/mol. The number of quaternary nitrogens is 1. The Bertz CT molecular complexity index is 1090. The van der Waals surface area contributed by atoms with E-state index in [-0.39, 0.29) is 11.1 Å². The number of hydrogen-bond donors (Lipinski definition) is 1. The molecule has 2 aromatic carbocycles. The number of ether oxygens (including phenoxy) is 3. The van der Waals surface area contributed by atoms with Gasteiger partial charge in [-0.1, -0.05) is 29.5 Å². The Balaban J connectivity index is 2.21. The maximum atomic E-state index is 13.6. The average molecular weight is 503 g/mol. The normalized spacial score (nSPS) is 17.2. The third-order valence-corrected chi connectivity index (χ3v) is 6.60. The zero-order valence-electron chi connectivity index (χ0n) is 20.6. The van der Waals surface area contributed by atoms with Crippen LogP contribution in [-0.2, 0) is 9.59 Å². The summed E-state index contributed by atoms with van der Waals surface area (Å²) in [6.45, 7) is 6.82. The van der Waals surface area contributed by atoms with Gasteiger partial charge in [-0.3, -0.25) is 9.59 Å². The van der Waals surface area contributed by atoms with Gasteiger partial charge in [-0.15, -0.1) is 0 Å². The number of rotatable bonds is 10. The second kappa shape index (κ2) is 11.5. The van der Waals surface area contributed by atoms with E-state index in [2.05, 4.69) is 13.8 Å². The van der Waals surface area contributed by atoms with Crippen LogP contribution in [0.1, 0.15) is 31.0 Å². The van der Waals surface area contributed by atoms with E-state index in [9.17, 15) is 14.7 Å². The van der Waals surface area contributed by atoms with E-state index >= 15 is 0 Å². The van der Waals surface area contributed by atoms with Gasteiger partial charge in [0.25, 0.3) is 5.91 Å². The molecule has 8 nitrogen and oxygen atoms in total. The first-order valence-electron chi connectivity index (χ1n) is 11.5. The maximum absolute atomic E-state index is 13.6. The number of carbonyl (C=O) groups is 2. The first kappa shape index (κ1) is 26.4. The first-order chi connectivity index (χ1) is 16.8. The summed E-state index contributed by atoms with van der Waals surface area (Å²) in [4.78, 5) is 29.2. The lowest BCUT2D eigenvalue weighted by atomic mass is 9.94. The van der Waals surface area contributed by atoms with Gasteiger partial charge < -0.3 is 29.1 Å². The van der Waals surface area contributed by atoms with Crippen molar-refractivity contribution < 1.29 is 33.8 Å². The number of Topliss-reactive ketones (excluding diaryl/α,β-unsaturated/α-hetero) is 1. The van der Waals surface area contributed by atoms with E-state index in [1.807, 2.05) is 0 Å². The molecule has 1 fully saturated rings. The molecule has 1 N–H and O–H groups in total. The van der Waals surface area contributed by atoms with E-state index < -0.39 is 23.5 Å². The van der Waals surface area contributed by atoms with E-state index in [1.165, 1.54) is 31.1 Å². The Morgan fingerprint density at radius 3 is 2.06 bits per heavy atom. The standard InChI is InChI=1S/C26H31ClN2O6/c1-6-28(7-2)12-13-29-22(17-14-19(33-3)25(35-5)20(15-17)34-4)21(24(31)26(29)32)23(30)16-8-10-18(27)11-9-16/h8-11,14-15,22,30H,6-7,12-13H2,1-5H3. The van der Waals surface area contributed by atoms with Crippen molar-refractivity contribution in [1.82, 2.24) is 4.90 Å². The molecule has 0 bridgehead atoms. The van der Waals surface area contributed by atoms with Crippen molar-refractivity contribution in [3.63, 3.8) is 0 Å². The topological polar surface area (TPSA) is 92.6 Å². The minimum Gasteiger partial charge on any atom is -0.872 e. The third kappa shape index (κ3) is 5.23. The molecule has 3 rings (SSSR count). The molecule has 2 aromatic rings. The number of likely N-dealkylation sites (tertiary alicyclic amines) is 1. The van der Waals surface area contributed by atoms with Crippen molar-refractivity contribution in [3.8, 4) is 17.2 Å². The summed E-state index contributed by atoms with van der Waals surface area (Å²) >= 11 is 5.98. The molecule has 35 heavy (non-hydrogen) atoms. The number of halogens is 1. The van der Waals surface area contributed by atoms with Crippen LogP contribution in [0.5, 0.6) is 17.2 Å². The molecule has 1 atom stereocenters. The number of nitrogens with one attached hydrogen (secondary N) is 1. The lowest BCUT2D eigenvalue weighted by Gasteiger charge is -2.29. The number of nitrogens with zero attached hydrogens (tertiary/aromatic N) is 1. The predicted molar refractivity (Wildman–Crippen MR) is 131 cm³/mol. The predicted octanol–water partition coefficient (Wildman–Crippen LogP) is 1.51. The van der Waals surface area contributed by atoms with Crippen LogP contribution in [0.4, 0.5) is 0 Å². The zero-order valence-corrected chi connectivity index (χ0v) is 21.4. The van der Waals surface area contributed by atoms with Crippen molar-refractivity contribution in [1.29, 1.82) is 0 Å². The zero-order chi connectivity index (χ0) is 25.7. The molecule has 1 unspecified atom stereocenters. The van der Waals surface area contributed by atoms with Crippen molar-refractivity contribution in [2.75, 3.05) is 47.5 Å². The SMILES string of the molecule is CC[NH+](CC)CCN1C(=O)C(=O)C(=C([O-])c2ccc(Cl)cc2)C1c1cc(OC)c(OC)c(OC)c1. The second-order valence-corrected chi connectivity index (χ2v) is 8.58. The number of ketones is 1. The van der Waals surface area contributed by atoms with Gasteiger partial charge in [0, 0.05) is 10.6 Å². The van der Waals surface area contributed by atoms with Crippen LogP contribution in [0.25, 0.3) is 5.76 Å². The molecule has 1 heterocycles. The Labute approximate surface area is 210 Å². The third-order valence-electron chi connectivity index (χ3n) is 6.34. The van der Waals surface area contributed by atoms with Crippen LogP contribution in [0.15, 0.2) is 42.0 Å². The van der Waals surface area contributed by atoms with Crippen molar-refractivity contribution in [2.45, 2.75) is 19.9 Å². The fraction of sp³-hybridized carbons (Fsp3) is 0.385. The van der Waals surface area contributed by atoms with Gasteiger partial charge in [0.1, 0.15) is 0 Å². The Morgan fingerprint density at radius 1 is 1.00 bits per heavy atom. The molecule has 0 spiro atoms. The minimum atomic E-state index is -0.901. The molecule has 1 amide bonds. The van der Waals surface area contributed by atoms with Crippen molar-refractivity contribution in [3.05, 3.63) is 58.1 Å². The summed E-state index contributed by atoms with van der Waals surface area (Å²) in [7, 11) is 4.46. The van der Waals surface area contributed by atoms with Crippen LogP contribution in [-0.4, -0.2) is 64.1 Å². The minimum absolute atomic E-state index is 0.110. The highest BCUT2D eigenvalue weighted by molar-refractivity contribution is 6.46. The van der Waals surface area contributed by atoms with Crippen LogP contribution in [0, 0.1) is 0 Å². The van der Waals surface area contributed by atoms with Crippen LogP contribution >= 0.6 is 11.6 Å². The molecule has 0 aromatic heterocycles. The van der Waals surface area contributed by atoms with Gasteiger partial charge in [-0.2, -0.15) is 0 Å². The van der Waals surface area contributed by atoms with Crippen LogP contribution in [0.3, 0.4) is 0 Å². The van der Waals surface area contributed by atoms with E-state index in [0.717, 1.165) is 13.1 Å². The Morgan fingerprint density at radius 2 is 1.57 bits per heavy atom. The summed E-state index contributed by atoms with van der Waals surface area (Å²) in [6, 6.07) is 8.68. The van der Waals surface area contributed by atoms with Gasteiger partial charge in [-0.25, -0.2) is 0 Å². The summed E-state index contributed by atoms with van der Waals surface area (Å²) in [5.74, 6) is -0.927. The van der Waals surface area contributed by atoms with E-state index in [4.69, 9.17) is 25.8 Å². The van der Waals surface area contributed by atoms with Gasteiger partial charge in [0.15, 0.2) is 11.5 Å². The van der Waals surface area contributed by atoms with Gasteiger partial charge in [0.05, 0.1) is 53.6 Å². The summed E-state index contributed by atoms with van der Waals surface area (Å²) in [5, 5.41) is 14.0. The molecule has 1 aliphatic heterocycles. The summed E-state index contributed by atoms with van der Waals surface area (Å²) in [6.07, 6.45) is 0. The van der Waals surface area contributed by atoms with E-state index in [1.54, 1.807) is 36.4 Å². The van der Waals surface area contributed by atoms with E-state index in [0.29, 0.717) is 40.9 Å². The Kier molecular flexibility index (Phi) is 8.64. The molecule has 0 radical (unpaired) electrons. The number of methoxy groups -OCH3 is 3. The highest BCUT2D eigenvalue weighted by atomic mass is 35.5. The highest BCUT2D eigenvalue weighted by Crippen LogP contribution is 2.45. The van der Waals surface area contributed by atoms with Crippen molar-refractivity contribution in [2.24, 2.45) is 0 Å². The molecular weight excluding hydrogens is 472 g/mol. The average Bonchev–Trinajstić information content (AvgIpc) is 3.13. The second-order valence-electron chi connectivity index (χ2n) is 8.15. The van der Waals surface area contributed by atoms with Crippen LogP contribution < -0.4 is 24.2 Å². The van der Waals surface area contributed by atoms with Crippen molar-refractivity contribution >= 4 is 29.1 Å². The number of hydrogen-bond acceptors (Lipinski definition) is 6. The van der Waals surface area contributed by atoms with Crippen LogP contribution in [0.2, 0.25) is 5.02 Å². The fourth-order valence-corrected chi connectivity index (χ4v) is 4.47. The number of carbonyl (C=O) groups excluding carboxylic acids is 2. The quantitative estimate of drug-likeness (QED) is 0.301. The number of benzene rings is 2. The summed E-state index contributed by atoms with van der Waals surface area (Å²) < 4.78 is 16.4. The molecule has 188 valence electrons. The molecule has 1 aliphatic rings. The maximum Gasteiger partial charge on any atom is 0.295 e. The lowest BCUT2D eigenvalue weighted by Crippen LogP contribution is -3.12. The molecule has 0 saturated carbocycles. The van der Waals surface area contributed by atoms with Gasteiger partial charge in [0.2, 0.25) is 11.5 Å².